The average Bonchev–Trinajstić information content (AvgIpc) is 2.38. The molecule has 1 unspecified atom stereocenters. The highest BCUT2D eigenvalue weighted by Gasteiger charge is 2.24. The van der Waals surface area contributed by atoms with Gasteiger partial charge in [-0.3, -0.25) is 0 Å². The lowest BCUT2D eigenvalue weighted by Crippen LogP contribution is -2.41. The van der Waals surface area contributed by atoms with Crippen LogP contribution in [0.15, 0.2) is 12.1 Å². The molecular formula is C13H20N2O2. The number of ether oxygens (including phenoxy) is 2. The quantitative estimate of drug-likeness (QED) is 0.862. The number of hydrogen-bond acceptors (Lipinski definition) is 4. The van der Waals surface area contributed by atoms with Crippen LogP contribution in [0.2, 0.25) is 0 Å². The van der Waals surface area contributed by atoms with Crippen molar-refractivity contribution in [3.05, 3.63) is 17.7 Å². The Morgan fingerprint density at radius 2 is 1.94 bits per heavy atom. The van der Waals surface area contributed by atoms with Crippen LogP contribution in [0.5, 0.6) is 11.5 Å². The first-order valence-corrected chi connectivity index (χ1v) is 5.89. The third-order valence-electron chi connectivity index (χ3n) is 3.53. The molecule has 1 heterocycles. The maximum absolute atomic E-state index is 5.78. The first kappa shape index (κ1) is 12.0. The second-order valence-electron chi connectivity index (χ2n) is 4.38. The van der Waals surface area contributed by atoms with Gasteiger partial charge < -0.3 is 20.1 Å². The summed E-state index contributed by atoms with van der Waals surface area (Å²) in [6.45, 7) is 0.685. The van der Waals surface area contributed by atoms with Crippen molar-refractivity contribution in [2.24, 2.45) is 5.73 Å². The third-order valence-corrected chi connectivity index (χ3v) is 3.53. The van der Waals surface area contributed by atoms with Crippen molar-refractivity contribution in [2.45, 2.75) is 18.9 Å². The summed E-state index contributed by atoms with van der Waals surface area (Å²) in [4.78, 5) is 2.24. The molecule has 1 aromatic carbocycles. The summed E-state index contributed by atoms with van der Waals surface area (Å²) in [5, 5.41) is 0. The first-order chi connectivity index (χ1) is 8.21. The van der Waals surface area contributed by atoms with Gasteiger partial charge in [0, 0.05) is 31.4 Å². The van der Waals surface area contributed by atoms with E-state index in [0.717, 1.165) is 24.3 Å². The van der Waals surface area contributed by atoms with Crippen LogP contribution in [0.4, 0.5) is 5.69 Å². The highest BCUT2D eigenvalue weighted by molar-refractivity contribution is 5.63. The molecule has 0 amide bonds. The lowest BCUT2D eigenvalue weighted by atomic mass is 9.96. The summed E-state index contributed by atoms with van der Waals surface area (Å²) in [5.74, 6) is 1.57. The van der Waals surface area contributed by atoms with Gasteiger partial charge in [-0.2, -0.15) is 0 Å². The zero-order valence-electron chi connectivity index (χ0n) is 10.7. The van der Waals surface area contributed by atoms with E-state index in [2.05, 4.69) is 18.0 Å². The van der Waals surface area contributed by atoms with Crippen LogP contribution in [0.1, 0.15) is 12.0 Å². The van der Waals surface area contributed by atoms with Gasteiger partial charge >= 0.3 is 0 Å². The minimum absolute atomic E-state index is 0.417. The van der Waals surface area contributed by atoms with E-state index in [1.807, 2.05) is 6.07 Å². The van der Waals surface area contributed by atoms with E-state index in [9.17, 15) is 0 Å². The smallest absolute Gasteiger partial charge is 0.162 e. The van der Waals surface area contributed by atoms with Crippen LogP contribution in [-0.4, -0.2) is 33.9 Å². The minimum Gasteiger partial charge on any atom is -0.493 e. The van der Waals surface area contributed by atoms with E-state index in [1.54, 1.807) is 14.2 Å². The predicted molar refractivity (Wildman–Crippen MR) is 69.1 cm³/mol. The lowest BCUT2D eigenvalue weighted by molar-refractivity contribution is 0.354. The SMILES string of the molecule is COc1cc2c(cc1OC)N(C)C(CN)CC2. The van der Waals surface area contributed by atoms with Gasteiger partial charge in [0.25, 0.3) is 0 Å². The van der Waals surface area contributed by atoms with E-state index >= 15 is 0 Å². The van der Waals surface area contributed by atoms with E-state index in [1.165, 1.54) is 11.3 Å². The maximum Gasteiger partial charge on any atom is 0.162 e. The van der Waals surface area contributed by atoms with Gasteiger partial charge in [0.15, 0.2) is 11.5 Å². The summed E-state index contributed by atoms with van der Waals surface area (Å²) < 4.78 is 10.7. The monoisotopic (exact) mass is 236 g/mol. The van der Waals surface area contributed by atoms with E-state index in [4.69, 9.17) is 15.2 Å². The molecule has 0 aliphatic carbocycles. The molecule has 2 rings (SSSR count). The number of anilines is 1. The highest BCUT2D eigenvalue weighted by atomic mass is 16.5. The molecule has 4 heteroatoms. The Balaban J connectivity index is 2.43. The molecule has 17 heavy (non-hydrogen) atoms. The van der Waals surface area contributed by atoms with E-state index in [-0.39, 0.29) is 0 Å². The number of fused-ring (bicyclic) bond motifs is 1. The number of aryl methyl sites for hydroxylation is 1. The van der Waals surface area contributed by atoms with Gasteiger partial charge in [-0.25, -0.2) is 0 Å². The fourth-order valence-corrected chi connectivity index (χ4v) is 2.43. The van der Waals surface area contributed by atoms with Crippen molar-refractivity contribution in [3.8, 4) is 11.5 Å². The van der Waals surface area contributed by atoms with Crippen molar-refractivity contribution in [2.75, 3.05) is 32.7 Å². The Morgan fingerprint density at radius 3 is 2.53 bits per heavy atom. The fourth-order valence-electron chi connectivity index (χ4n) is 2.43. The Kier molecular flexibility index (Phi) is 3.43. The molecule has 0 spiro atoms. The molecule has 1 aliphatic heterocycles. The van der Waals surface area contributed by atoms with Gasteiger partial charge in [0.2, 0.25) is 0 Å². The number of hydrogen-bond donors (Lipinski definition) is 1. The number of benzene rings is 1. The van der Waals surface area contributed by atoms with Crippen LogP contribution in [0.3, 0.4) is 0 Å². The van der Waals surface area contributed by atoms with Gasteiger partial charge in [0.1, 0.15) is 0 Å². The van der Waals surface area contributed by atoms with Crippen molar-refractivity contribution in [1.82, 2.24) is 0 Å². The second kappa shape index (κ2) is 4.84. The molecule has 0 saturated heterocycles. The minimum atomic E-state index is 0.417. The summed E-state index contributed by atoms with van der Waals surface area (Å²) >= 11 is 0. The van der Waals surface area contributed by atoms with Crippen molar-refractivity contribution >= 4 is 5.69 Å². The van der Waals surface area contributed by atoms with Crippen LogP contribution in [-0.2, 0) is 6.42 Å². The summed E-state index contributed by atoms with van der Waals surface area (Å²) in [7, 11) is 5.41. The molecule has 94 valence electrons. The molecule has 1 aliphatic rings. The van der Waals surface area contributed by atoms with Crippen molar-refractivity contribution in [3.63, 3.8) is 0 Å². The molecule has 2 N–H and O–H groups in total. The van der Waals surface area contributed by atoms with E-state index < -0.39 is 0 Å². The zero-order chi connectivity index (χ0) is 12.4. The average molecular weight is 236 g/mol. The van der Waals surface area contributed by atoms with Crippen molar-refractivity contribution < 1.29 is 9.47 Å². The molecule has 1 aromatic rings. The summed E-state index contributed by atoms with van der Waals surface area (Å²) in [5.41, 5.74) is 8.28. The highest BCUT2D eigenvalue weighted by Crippen LogP contribution is 2.38. The normalized spacial score (nSPS) is 18.8. The number of likely N-dealkylation sites (N-methyl/N-ethyl adjacent to an activating group) is 1. The second-order valence-corrected chi connectivity index (χ2v) is 4.38. The molecule has 1 atom stereocenters. The molecule has 0 fully saturated rings. The van der Waals surface area contributed by atoms with Gasteiger partial charge in [0.05, 0.1) is 14.2 Å². The van der Waals surface area contributed by atoms with Crippen LogP contribution >= 0.6 is 0 Å². The van der Waals surface area contributed by atoms with Crippen LogP contribution < -0.4 is 20.1 Å². The molecule has 0 radical (unpaired) electrons. The number of rotatable bonds is 3. The first-order valence-electron chi connectivity index (χ1n) is 5.89. The fraction of sp³-hybridized carbons (Fsp3) is 0.538. The topological polar surface area (TPSA) is 47.7 Å². The van der Waals surface area contributed by atoms with Crippen LogP contribution in [0.25, 0.3) is 0 Å². The van der Waals surface area contributed by atoms with Gasteiger partial charge in [-0.15, -0.1) is 0 Å². The lowest BCUT2D eigenvalue weighted by Gasteiger charge is -2.35. The third kappa shape index (κ3) is 2.05. The Bertz CT molecular complexity index is 407. The standard InChI is InChI=1S/C13H20N2O2/c1-15-10(8-14)5-4-9-6-12(16-2)13(17-3)7-11(9)15/h6-7,10H,4-5,8,14H2,1-3H3. The number of methoxy groups -OCH3 is 2. The molecule has 0 aromatic heterocycles. The molecular weight excluding hydrogens is 216 g/mol. The predicted octanol–water partition coefficient (Wildman–Crippen LogP) is 1.41. The summed E-state index contributed by atoms with van der Waals surface area (Å²) in [6.07, 6.45) is 2.14. The van der Waals surface area contributed by atoms with Crippen LogP contribution in [0, 0.1) is 0 Å². The van der Waals surface area contributed by atoms with Gasteiger partial charge in [-0.05, 0) is 24.5 Å². The molecule has 0 bridgehead atoms. The molecule has 0 saturated carbocycles. The maximum atomic E-state index is 5.78. The Morgan fingerprint density at radius 1 is 1.29 bits per heavy atom. The zero-order valence-corrected chi connectivity index (χ0v) is 10.7. The van der Waals surface area contributed by atoms with Gasteiger partial charge in [-0.1, -0.05) is 0 Å². The number of nitrogens with zero attached hydrogens (tertiary/aromatic N) is 1. The van der Waals surface area contributed by atoms with E-state index in [0.29, 0.717) is 12.6 Å². The largest absolute Gasteiger partial charge is 0.493 e. The number of nitrogens with two attached hydrogens (primary N) is 1. The molecule has 4 nitrogen and oxygen atoms in total. The van der Waals surface area contributed by atoms with Crippen molar-refractivity contribution in [1.29, 1.82) is 0 Å². The Hall–Kier alpha value is -1.42. The summed E-state index contributed by atoms with van der Waals surface area (Å²) in [6, 6.07) is 4.52. The Labute approximate surface area is 102 Å².